The number of carbonyl (C=O) groups is 1. The summed E-state index contributed by atoms with van der Waals surface area (Å²) in [6.45, 7) is 0.664. The van der Waals surface area contributed by atoms with Crippen molar-refractivity contribution in [3.8, 4) is 0 Å². The summed E-state index contributed by atoms with van der Waals surface area (Å²) in [5.41, 5.74) is 8.50. The predicted octanol–water partition coefficient (Wildman–Crippen LogP) is 3.43. The van der Waals surface area contributed by atoms with Crippen molar-refractivity contribution >= 4 is 33.3 Å². The first-order valence-electron chi connectivity index (χ1n) is 6.06. The second-order valence-electron chi connectivity index (χ2n) is 4.27. The Balaban J connectivity index is 2.10. The molecule has 0 spiro atoms. The average molecular weight is 335 g/mol. The molecule has 4 nitrogen and oxygen atoms in total. The molecule has 0 aliphatic rings. The molecule has 3 N–H and O–H groups in total. The SMILES string of the molecule is COC(=O)c1cc(NCc2ccc(Br)cc2)ccc1N. The highest BCUT2D eigenvalue weighted by molar-refractivity contribution is 9.10. The van der Waals surface area contributed by atoms with Crippen molar-refractivity contribution in [3.05, 3.63) is 58.1 Å². The zero-order chi connectivity index (χ0) is 14.5. The van der Waals surface area contributed by atoms with E-state index in [-0.39, 0.29) is 0 Å². The molecule has 0 atom stereocenters. The summed E-state index contributed by atoms with van der Waals surface area (Å²) in [4.78, 5) is 11.6. The maximum absolute atomic E-state index is 11.6. The quantitative estimate of drug-likeness (QED) is 0.664. The van der Waals surface area contributed by atoms with Gasteiger partial charge in [0.2, 0.25) is 0 Å². The lowest BCUT2D eigenvalue weighted by Crippen LogP contribution is -2.07. The van der Waals surface area contributed by atoms with Gasteiger partial charge in [0.25, 0.3) is 0 Å². The molecular formula is C15H15BrN2O2. The first kappa shape index (κ1) is 14.4. The molecule has 0 radical (unpaired) electrons. The monoisotopic (exact) mass is 334 g/mol. The minimum atomic E-state index is -0.435. The van der Waals surface area contributed by atoms with Gasteiger partial charge >= 0.3 is 5.97 Å². The van der Waals surface area contributed by atoms with Crippen LogP contribution in [0, 0.1) is 0 Å². The van der Waals surface area contributed by atoms with E-state index in [1.54, 1.807) is 12.1 Å². The molecule has 5 heteroatoms. The predicted molar refractivity (Wildman–Crippen MR) is 83.7 cm³/mol. The maximum Gasteiger partial charge on any atom is 0.340 e. The van der Waals surface area contributed by atoms with Crippen molar-refractivity contribution in [3.63, 3.8) is 0 Å². The van der Waals surface area contributed by atoms with Gasteiger partial charge in [0.1, 0.15) is 0 Å². The number of nitrogens with one attached hydrogen (secondary N) is 1. The van der Waals surface area contributed by atoms with Crippen LogP contribution in [0.3, 0.4) is 0 Å². The van der Waals surface area contributed by atoms with Crippen LogP contribution in [0.5, 0.6) is 0 Å². The van der Waals surface area contributed by atoms with Crippen LogP contribution in [-0.2, 0) is 11.3 Å². The van der Waals surface area contributed by atoms with Gasteiger partial charge in [-0.25, -0.2) is 4.79 Å². The highest BCUT2D eigenvalue weighted by Crippen LogP contribution is 2.19. The summed E-state index contributed by atoms with van der Waals surface area (Å²) in [6, 6.07) is 13.2. The highest BCUT2D eigenvalue weighted by Gasteiger charge is 2.10. The zero-order valence-electron chi connectivity index (χ0n) is 11.0. The fourth-order valence-electron chi connectivity index (χ4n) is 1.76. The topological polar surface area (TPSA) is 64.3 Å². The van der Waals surface area contributed by atoms with Gasteiger partial charge < -0.3 is 15.8 Å². The Morgan fingerprint density at radius 3 is 2.60 bits per heavy atom. The molecule has 0 unspecified atom stereocenters. The van der Waals surface area contributed by atoms with Crippen molar-refractivity contribution < 1.29 is 9.53 Å². The van der Waals surface area contributed by atoms with Crippen LogP contribution < -0.4 is 11.1 Å². The van der Waals surface area contributed by atoms with E-state index in [4.69, 9.17) is 10.5 Å². The fraction of sp³-hybridized carbons (Fsp3) is 0.133. The molecule has 2 rings (SSSR count). The molecule has 0 bridgehead atoms. The number of anilines is 2. The van der Waals surface area contributed by atoms with Crippen molar-refractivity contribution in [2.24, 2.45) is 0 Å². The largest absolute Gasteiger partial charge is 0.465 e. The lowest BCUT2D eigenvalue weighted by Gasteiger charge is -2.10. The number of nitrogen functional groups attached to an aromatic ring is 1. The van der Waals surface area contributed by atoms with E-state index in [0.717, 1.165) is 15.7 Å². The number of rotatable bonds is 4. The zero-order valence-corrected chi connectivity index (χ0v) is 12.6. The standard InChI is InChI=1S/C15H15BrN2O2/c1-20-15(19)13-8-12(6-7-14(13)17)18-9-10-2-4-11(16)5-3-10/h2-8,18H,9,17H2,1H3. The Morgan fingerprint density at radius 2 is 1.95 bits per heavy atom. The number of benzene rings is 2. The Bertz CT molecular complexity index is 612. The van der Waals surface area contributed by atoms with Crippen LogP contribution in [0.1, 0.15) is 15.9 Å². The van der Waals surface area contributed by atoms with Crippen LogP contribution >= 0.6 is 15.9 Å². The van der Waals surface area contributed by atoms with Crippen LogP contribution in [-0.4, -0.2) is 13.1 Å². The summed E-state index contributed by atoms with van der Waals surface area (Å²) in [7, 11) is 1.34. The van der Waals surface area contributed by atoms with Crippen LogP contribution in [0.2, 0.25) is 0 Å². The van der Waals surface area contributed by atoms with Gasteiger partial charge in [0.15, 0.2) is 0 Å². The van der Waals surface area contributed by atoms with E-state index < -0.39 is 5.97 Å². The third-order valence-electron chi connectivity index (χ3n) is 2.87. The Labute approximate surface area is 126 Å². The number of hydrogen-bond donors (Lipinski definition) is 2. The number of halogens is 1. The van der Waals surface area contributed by atoms with Gasteiger partial charge in [-0.3, -0.25) is 0 Å². The molecular weight excluding hydrogens is 320 g/mol. The van der Waals surface area contributed by atoms with Crippen molar-refractivity contribution in [1.29, 1.82) is 0 Å². The van der Waals surface area contributed by atoms with Crippen LogP contribution in [0.4, 0.5) is 11.4 Å². The lowest BCUT2D eigenvalue weighted by molar-refractivity contribution is 0.0602. The third-order valence-corrected chi connectivity index (χ3v) is 3.40. The van der Waals surface area contributed by atoms with E-state index in [1.165, 1.54) is 7.11 Å². The molecule has 0 saturated heterocycles. The fourth-order valence-corrected chi connectivity index (χ4v) is 2.02. The molecule has 0 aliphatic heterocycles. The Kier molecular flexibility index (Phi) is 4.63. The van der Waals surface area contributed by atoms with Gasteiger partial charge in [0.05, 0.1) is 12.7 Å². The maximum atomic E-state index is 11.6. The smallest absolute Gasteiger partial charge is 0.340 e. The summed E-state index contributed by atoms with van der Waals surface area (Å²) < 4.78 is 5.74. The number of ether oxygens (including phenoxy) is 1. The molecule has 0 aromatic heterocycles. The Hall–Kier alpha value is -2.01. The number of esters is 1. The van der Waals surface area contributed by atoms with Gasteiger partial charge in [-0.1, -0.05) is 28.1 Å². The first-order valence-corrected chi connectivity index (χ1v) is 6.85. The average Bonchev–Trinajstić information content (AvgIpc) is 2.47. The second-order valence-corrected chi connectivity index (χ2v) is 5.19. The van der Waals surface area contributed by atoms with E-state index in [2.05, 4.69) is 21.2 Å². The van der Waals surface area contributed by atoms with E-state index in [0.29, 0.717) is 17.8 Å². The van der Waals surface area contributed by atoms with Crippen molar-refractivity contribution in [2.45, 2.75) is 6.54 Å². The normalized spacial score (nSPS) is 10.1. The number of carbonyl (C=O) groups excluding carboxylic acids is 1. The second kappa shape index (κ2) is 6.43. The third kappa shape index (κ3) is 3.51. The molecule has 2 aromatic rings. The Morgan fingerprint density at radius 1 is 1.25 bits per heavy atom. The van der Waals surface area contributed by atoms with E-state index in [1.807, 2.05) is 30.3 Å². The summed E-state index contributed by atoms with van der Waals surface area (Å²) >= 11 is 3.40. The molecule has 20 heavy (non-hydrogen) atoms. The van der Waals surface area contributed by atoms with Crippen molar-refractivity contribution in [1.82, 2.24) is 0 Å². The van der Waals surface area contributed by atoms with Gasteiger partial charge in [-0.2, -0.15) is 0 Å². The number of methoxy groups -OCH3 is 1. The summed E-state index contributed by atoms with van der Waals surface area (Å²) in [6.07, 6.45) is 0. The summed E-state index contributed by atoms with van der Waals surface area (Å²) in [5, 5.41) is 3.25. The van der Waals surface area contributed by atoms with Crippen LogP contribution in [0.25, 0.3) is 0 Å². The summed E-state index contributed by atoms with van der Waals surface area (Å²) in [5.74, 6) is -0.435. The van der Waals surface area contributed by atoms with E-state index in [9.17, 15) is 4.79 Å². The van der Waals surface area contributed by atoms with Crippen LogP contribution in [0.15, 0.2) is 46.9 Å². The van der Waals surface area contributed by atoms with E-state index >= 15 is 0 Å². The highest BCUT2D eigenvalue weighted by atomic mass is 79.9. The van der Waals surface area contributed by atoms with Gasteiger partial charge in [-0.15, -0.1) is 0 Å². The van der Waals surface area contributed by atoms with Gasteiger partial charge in [0, 0.05) is 22.4 Å². The van der Waals surface area contributed by atoms with Gasteiger partial charge in [-0.05, 0) is 35.9 Å². The number of hydrogen-bond acceptors (Lipinski definition) is 4. The first-order chi connectivity index (χ1) is 9.60. The number of nitrogens with two attached hydrogens (primary N) is 1. The molecule has 0 heterocycles. The minimum Gasteiger partial charge on any atom is -0.465 e. The lowest BCUT2D eigenvalue weighted by atomic mass is 10.1. The molecule has 0 aliphatic carbocycles. The molecule has 104 valence electrons. The molecule has 0 fully saturated rings. The molecule has 2 aromatic carbocycles. The molecule has 0 saturated carbocycles. The molecule has 0 amide bonds. The minimum absolute atomic E-state index is 0.369. The van der Waals surface area contributed by atoms with Crippen molar-refractivity contribution in [2.75, 3.05) is 18.2 Å².